The molecule has 0 amide bonds. The summed E-state index contributed by atoms with van der Waals surface area (Å²) >= 11 is 0. The molecule has 0 spiro atoms. The largest absolute Gasteiger partial charge is 0.388 e. The van der Waals surface area contributed by atoms with Crippen LogP contribution in [0.3, 0.4) is 0 Å². The van der Waals surface area contributed by atoms with E-state index in [0.717, 1.165) is 44.7 Å². The molecule has 0 saturated heterocycles. The van der Waals surface area contributed by atoms with Crippen molar-refractivity contribution in [3.05, 3.63) is 42.0 Å². The number of benzene rings is 1. The fraction of sp³-hybridized carbons (Fsp3) is 0.500. The Balaban J connectivity index is 0.00000192. The average molecular weight is 427 g/mol. The van der Waals surface area contributed by atoms with Crippen LogP contribution >= 0.6 is 24.0 Å². The van der Waals surface area contributed by atoms with E-state index in [1.165, 1.54) is 11.1 Å². The summed E-state index contributed by atoms with van der Waals surface area (Å²) in [6.45, 7) is 2.42. The lowest BCUT2D eigenvalue weighted by Crippen LogP contribution is -2.52. The molecular weight excluding hydrogens is 401 g/mol. The first-order valence-electron chi connectivity index (χ1n) is 8.13. The molecule has 1 heterocycles. The first-order chi connectivity index (χ1) is 10.7. The maximum absolute atomic E-state index is 10.2. The highest BCUT2D eigenvalue weighted by molar-refractivity contribution is 14.0. The van der Waals surface area contributed by atoms with E-state index in [4.69, 9.17) is 0 Å². The van der Waals surface area contributed by atoms with Crippen molar-refractivity contribution in [2.45, 2.75) is 31.3 Å². The number of aliphatic imine (C=N–C) groups is 1. The highest BCUT2D eigenvalue weighted by atomic mass is 127. The molecule has 23 heavy (non-hydrogen) atoms. The Hall–Kier alpha value is -1.08. The molecule has 0 bridgehead atoms. The molecule has 0 aromatic heterocycles. The summed E-state index contributed by atoms with van der Waals surface area (Å²) in [5, 5.41) is 13.5. The standard InChI is InChI=1S/C18H25N3O.HI/c1-19-17(20-14-18(22)10-5-11-18)21-12-8-16(9-13-21)15-6-3-2-4-7-15;/h2-4,6-8,22H,5,9-14H2,1H3,(H,19,20);1H. The van der Waals surface area contributed by atoms with Gasteiger partial charge in [0, 0.05) is 26.7 Å². The second-order valence-electron chi connectivity index (χ2n) is 6.27. The lowest BCUT2D eigenvalue weighted by Gasteiger charge is -2.38. The van der Waals surface area contributed by atoms with Gasteiger partial charge in [0.15, 0.2) is 5.96 Å². The number of aliphatic hydroxyl groups is 1. The van der Waals surface area contributed by atoms with Gasteiger partial charge in [-0.15, -0.1) is 24.0 Å². The van der Waals surface area contributed by atoms with Crippen molar-refractivity contribution in [2.24, 2.45) is 4.99 Å². The Labute approximate surface area is 155 Å². The van der Waals surface area contributed by atoms with Gasteiger partial charge < -0.3 is 15.3 Å². The van der Waals surface area contributed by atoms with Crippen molar-refractivity contribution in [3.63, 3.8) is 0 Å². The Morgan fingerprint density at radius 3 is 2.57 bits per heavy atom. The highest BCUT2D eigenvalue weighted by Crippen LogP contribution is 2.30. The van der Waals surface area contributed by atoms with E-state index in [0.29, 0.717) is 6.54 Å². The van der Waals surface area contributed by atoms with Crippen LogP contribution in [-0.4, -0.2) is 48.2 Å². The monoisotopic (exact) mass is 427 g/mol. The Bertz CT molecular complexity index is 567. The van der Waals surface area contributed by atoms with Gasteiger partial charge in [0.05, 0.1) is 5.60 Å². The summed E-state index contributed by atoms with van der Waals surface area (Å²) in [5.74, 6) is 0.892. The molecule has 2 aliphatic rings. The van der Waals surface area contributed by atoms with Crippen molar-refractivity contribution in [1.29, 1.82) is 0 Å². The van der Waals surface area contributed by atoms with E-state index >= 15 is 0 Å². The molecule has 1 saturated carbocycles. The van der Waals surface area contributed by atoms with Crippen LogP contribution in [0.2, 0.25) is 0 Å². The summed E-state index contributed by atoms with van der Waals surface area (Å²) in [6.07, 6.45) is 6.23. The molecule has 1 aliphatic carbocycles. The van der Waals surface area contributed by atoms with Crippen molar-refractivity contribution in [1.82, 2.24) is 10.2 Å². The molecule has 1 aromatic carbocycles. The zero-order valence-electron chi connectivity index (χ0n) is 13.7. The van der Waals surface area contributed by atoms with E-state index in [9.17, 15) is 5.11 Å². The van der Waals surface area contributed by atoms with Crippen LogP contribution < -0.4 is 5.32 Å². The predicted molar refractivity (Wildman–Crippen MR) is 106 cm³/mol. The number of hydrogen-bond donors (Lipinski definition) is 2. The van der Waals surface area contributed by atoms with Gasteiger partial charge in [-0.25, -0.2) is 0 Å². The first-order valence-corrected chi connectivity index (χ1v) is 8.13. The molecule has 1 fully saturated rings. The third-order valence-electron chi connectivity index (χ3n) is 4.72. The minimum absolute atomic E-state index is 0. The molecule has 5 heteroatoms. The van der Waals surface area contributed by atoms with Gasteiger partial charge in [-0.2, -0.15) is 0 Å². The summed E-state index contributed by atoms with van der Waals surface area (Å²) in [4.78, 5) is 6.61. The Kier molecular flexibility index (Phi) is 6.47. The van der Waals surface area contributed by atoms with E-state index in [1.54, 1.807) is 0 Å². The maximum Gasteiger partial charge on any atom is 0.194 e. The molecule has 0 atom stereocenters. The fourth-order valence-electron chi connectivity index (χ4n) is 3.11. The first kappa shape index (κ1) is 18.3. The second-order valence-corrected chi connectivity index (χ2v) is 6.27. The van der Waals surface area contributed by atoms with Crippen LogP contribution in [0.5, 0.6) is 0 Å². The van der Waals surface area contributed by atoms with Crippen LogP contribution in [0.25, 0.3) is 5.57 Å². The van der Waals surface area contributed by atoms with Crippen LogP contribution in [0.15, 0.2) is 41.4 Å². The molecule has 0 unspecified atom stereocenters. The van der Waals surface area contributed by atoms with Gasteiger partial charge in [0.25, 0.3) is 0 Å². The molecule has 126 valence electrons. The predicted octanol–water partition coefficient (Wildman–Crippen LogP) is 2.88. The Morgan fingerprint density at radius 2 is 2.04 bits per heavy atom. The van der Waals surface area contributed by atoms with Gasteiger partial charge in [-0.1, -0.05) is 36.4 Å². The summed E-state index contributed by atoms with van der Waals surface area (Å²) in [7, 11) is 1.81. The van der Waals surface area contributed by atoms with Gasteiger partial charge in [0.1, 0.15) is 0 Å². The summed E-state index contributed by atoms with van der Waals surface area (Å²) < 4.78 is 0. The van der Waals surface area contributed by atoms with Gasteiger partial charge in [-0.3, -0.25) is 4.99 Å². The number of nitrogens with zero attached hydrogens (tertiary/aromatic N) is 2. The zero-order valence-corrected chi connectivity index (χ0v) is 16.0. The lowest BCUT2D eigenvalue weighted by atomic mass is 9.80. The number of halogens is 1. The molecule has 2 N–H and O–H groups in total. The van der Waals surface area contributed by atoms with E-state index in [-0.39, 0.29) is 24.0 Å². The van der Waals surface area contributed by atoms with Gasteiger partial charge >= 0.3 is 0 Å². The van der Waals surface area contributed by atoms with Crippen LogP contribution in [0, 0.1) is 0 Å². The highest BCUT2D eigenvalue weighted by Gasteiger charge is 2.34. The summed E-state index contributed by atoms with van der Waals surface area (Å²) in [5.41, 5.74) is 2.20. The van der Waals surface area contributed by atoms with Crippen LogP contribution in [0.4, 0.5) is 0 Å². The van der Waals surface area contributed by atoms with Crippen LogP contribution in [0.1, 0.15) is 31.2 Å². The number of nitrogens with one attached hydrogen (secondary N) is 1. The third-order valence-corrected chi connectivity index (χ3v) is 4.72. The number of guanidine groups is 1. The molecule has 4 nitrogen and oxygen atoms in total. The van der Waals surface area contributed by atoms with E-state index in [1.807, 2.05) is 7.05 Å². The Morgan fingerprint density at radius 1 is 1.30 bits per heavy atom. The molecular formula is C18H26IN3O. The molecule has 3 rings (SSSR count). The van der Waals surface area contributed by atoms with Gasteiger partial charge in [-0.05, 0) is 36.8 Å². The lowest BCUT2D eigenvalue weighted by molar-refractivity contribution is -0.0282. The zero-order chi connectivity index (χ0) is 15.4. The van der Waals surface area contributed by atoms with Crippen molar-refractivity contribution in [3.8, 4) is 0 Å². The topological polar surface area (TPSA) is 47.9 Å². The average Bonchev–Trinajstić information content (AvgIpc) is 2.55. The molecule has 1 aliphatic heterocycles. The third kappa shape index (κ3) is 4.47. The normalized spacial score (nSPS) is 20.2. The minimum Gasteiger partial charge on any atom is -0.388 e. The maximum atomic E-state index is 10.2. The van der Waals surface area contributed by atoms with Gasteiger partial charge in [0.2, 0.25) is 0 Å². The van der Waals surface area contributed by atoms with E-state index in [2.05, 4.69) is 51.6 Å². The smallest absolute Gasteiger partial charge is 0.194 e. The SMILES string of the molecule is CN=C(NCC1(O)CCC1)N1CC=C(c2ccccc2)CC1.I. The minimum atomic E-state index is -0.517. The molecule has 0 radical (unpaired) electrons. The quantitative estimate of drug-likeness (QED) is 0.443. The second kappa shape index (κ2) is 8.15. The summed E-state index contributed by atoms with van der Waals surface area (Å²) in [6, 6.07) is 10.6. The van der Waals surface area contributed by atoms with Crippen LogP contribution in [-0.2, 0) is 0 Å². The molecule has 1 aromatic rings. The van der Waals surface area contributed by atoms with Crippen molar-refractivity contribution >= 4 is 35.5 Å². The van der Waals surface area contributed by atoms with Crippen molar-refractivity contribution < 1.29 is 5.11 Å². The number of hydrogen-bond acceptors (Lipinski definition) is 2. The fourth-order valence-corrected chi connectivity index (χ4v) is 3.11. The van der Waals surface area contributed by atoms with Crippen molar-refractivity contribution in [2.75, 3.05) is 26.7 Å². The number of rotatable bonds is 3. The van der Waals surface area contributed by atoms with E-state index < -0.39 is 5.60 Å².